The second-order valence-corrected chi connectivity index (χ2v) is 4.27. The highest BCUT2D eigenvalue weighted by atomic mass is 35.5. The summed E-state index contributed by atoms with van der Waals surface area (Å²) in [6.07, 6.45) is 2.80. The quantitative estimate of drug-likeness (QED) is 0.592. The maximum atomic E-state index is 11.8. The fourth-order valence-corrected chi connectivity index (χ4v) is 1.71. The summed E-state index contributed by atoms with van der Waals surface area (Å²) >= 11 is 5.56. The number of phenols is 1. The molecule has 100 valence electrons. The molecule has 0 fully saturated rings. The first-order valence-corrected chi connectivity index (χ1v) is 6.43. The molecular weight excluding hydrogens is 254 g/mol. The van der Waals surface area contributed by atoms with Crippen LogP contribution in [0.4, 0.5) is 0 Å². The van der Waals surface area contributed by atoms with Gasteiger partial charge < -0.3 is 15.2 Å². The monoisotopic (exact) mass is 271 g/mol. The zero-order valence-electron chi connectivity index (χ0n) is 10.4. The van der Waals surface area contributed by atoms with Gasteiger partial charge in [0.2, 0.25) is 0 Å². The van der Waals surface area contributed by atoms with Crippen LogP contribution in [0.2, 0.25) is 0 Å². The molecule has 0 saturated heterocycles. The van der Waals surface area contributed by atoms with Crippen LogP contribution in [-0.2, 0) is 0 Å². The van der Waals surface area contributed by atoms with Crippen LogP contribution in [-0.4, -0.2) is 30.5 Å². The minimum absolute atomic E-state index is 0.0472. The molecular formula is C13H18ClNO3. The van der Waals surface area contributed by atoms with E-state index in [1.807, 2.05) is 0 Å². The van der Waals surface area contributed by atoms with Crippen LogP contribution in [0.15, 0.2) is 18.2 Å². The van der Waals surface area contributed by atoms with Crippen molar-refractivity contribution in [1.82, 2.24) is 5.32 Å². The van der Waals surface area contributed by atoms with E-state index in [1.54, 1.807) is 6.07 Å². The highest BCUT2D eigenvalue weighted by molar-refractivity contribution is 6.17. The van der Waals surface area contributed by atoms with Crippen LogP contribution in [0.3, 0.4) is 0 Å². The number of nitrogens with one attached hydrogen (secondary N) is 1. The topological polar surface area (TPSA) is 58.6 Å². The molecule has 0 heterocycles. The molecule has 0 unspecified atom stereocenters. The van der Waals surface area contributed by atoms with Gasteiger partial charge in [-0.15, -0.1) is 11.6 Å². The molecule has 1 amide bonds. The number of ether oxygens (including phenoxy) is 1. The molecule has 0 aliphatic rings. The predicted octanol–water partition coefficient (Wildman–Crippen LogP) is 2.54. The molecule has 5 heteroatoms. The van der Waals surface area contributed by atoms with Crippen LogP contribution in [0.1, 0.15) is 29.6 Å². The molecule has 0 aliphatic heterocycles. The second-order valence-electron chi connectivity index (χ2n) is 3.89. The minimum atomic E-state index is -0.294. The molecule has 4 nitrogen and oxygen atoms in total. The third-order valence-electron chi connectivity index (χ3n) is 2.54. The first kappa shape index (κ1) is 14.6. The van der Waals surface area contributed by atoms with Crippen LogP contribution in [0.25, 0.3) is 0 Å². The number of hydrogen-bond donors (Lipinski definition) is 2. The Kier molecular flexibility index (Phi) is 6.36. The van der Waals surface area contributed by atoms with Gasteiger partial charge in [0.1, 0.15) is 11.5 Å². The molecule has 1 aromatic carbocycles. The standard InChI is InChI=1S/C13H18ClNO3/c1-18-10-5-6-12(16)11(9-10)13(17)15-8-4-2-3-7-14/h5-6,9,16H,2-4,7-8H2,1H3,(H,15,17). The average Bonchev–Trinajstić information content (AvgIpc) is 2.39. The van der Waals surface area contributed by atoms with Gasteiger partial charge in [0.25, 0.3) is 5.91 Å². The van der Waals surface area contributed by atoms with Crippen molar-refractivity contribution >= 4 is 17.5 Å². The van der Waals surface area contributed by atoms with E-state index in [0.717, 1.165) is 19.3 Å². The lowest BCUT2D eigenvalue weighted by Gasteiger charge is -2.08. The molecule has 0 atom stereocenters. The van der Waals surface area contributed by atoms with E-state index in [9.17, 15) is 9.90 Å². The molecule has 1 aromatic rings. The molecule has 18 heavy (non-hydrogen) atoms. The van der Waals surface area contributed by atoms with E-state index in [2.05, 4.69) is 5.32 Å². The maximum absolute atomic E-state index is 11.8. The van der Waals surface area contributed by atoms with Gasteiger partial charge in [-0.05, 0) is 31.0 Å². The Morgan fingerprint density at radius 3 is 2.83 bits per heavy atom. The summed E-state index contributed by atoms with van der Waals surface area (Å²) in [5.41, 5.74) is 0.228. The Hall–Kier alpha value is -1.42. The molecule has 1 rings (SSSR count). The molecule has 0 aromatic heterocycles. The Morgan fingerprint density at radius 2 is 2.17 bits per heavy atom. The zero-order valence-corrected chi connectivity index (χ0v) is 11.2. The number of phenolic OH excluding ortho intramolecular Hbond substituents is 1. The van der Waals surface area contributed by atoms with Gasteiger partial charge in [-0.1, -0.05) is 6.42 Å². The van der Waals surface area contributed by atoms with Gasteiger partial charge in [0.05, 0.1) is 12.7 Å². The van der Waals surface area contributed by atoms with Crippen LogP contribution in [0, 0.1) is 0 Å². The van der Waals surface area contributed by atoms with Crippen molar-refractivity contribution in [1.29, 1.82) is 0 Å². The van der Waals surface area contributed by atoms with E-state index in [-0.39, 0.29) is 17.2 Å². The number of alkyl halides is 1. The van der Waals surface area contributed by atoms with Gasteiger partial charge in [-0.3, -0.25) is 4.79 Å². The summed E-state index contributed by atoms with van der Waals surface area (Å²) in [6, 6.07) is 4.57. The lowest BCUT2D eigenvalue weighted by molar-refractivity contribution is 0.0950. The summed E-state index contributed by atoms with van der Waals surface area (Å²) in [4.78, 5) is 11.8. The third kappa shape index (κ3) is 4.45. The van der Waals surface area contributed by atoms with Gasteiger partial charge in [0, 0.05) is 12.4 Å². The summed E-state index contributed by atoms with van der Waals surface area (Å²) < 4.78 is 5.01. The van der Waals surface area contributed by atoms with Crippen molar-refractivity contribution in [2.45, 2.75) is 19.3 Å². The zero-order chi connectivity index (χ0) is 13.4. The summed E-state index contributed by atoms with van der Waals surface area (Å²) in [5, 5.41) is 12.4. The number of methoxy groups -OCH3 is 1. The van der Waals surface area contributed by atoms with E-state index in [0.29, 0.717) is 18.2 Å². The van der Waals surface area contributed by atoms with Crippen molar-refractivity contribution in [3.63, 3.8) is 0 Å². The van der Waals surface area contributed by atoms with Crippen molar-refractivity contribution in [2.75, 3.05) is 19.5 Å². The summed E-state index contributed by atoms with van der Waals surface area (Å²) in [6.45, 7) is 0.576. The molecule has 0 spiro atoms. The normalized spacial score (nSPS) is 10.1. The van der Waals surface area contributed by atoms with Gasteiger partial charge >= 0.3 is 0 Å². The number of unbranched alkanes of at least 4 members (excludes halogenated alkanes) is 2. The lowest BCUT2D eigenvalue weighted by atomic mass is 10.1. The van der Waals surface area contributed by atoms with E-state index < -0.39 is 0 Å². The highest BCUT2D eigenvalue weighted by Crippen LogP contribution is 2.22. The number of rotatable bonds is 7. The number of benzene rings is 1. The van der Waals surface area contributed by atoms with Gasteiger partial charge in [-0.2, -0.15) is 0 Å². The smallest absolute Gasteiger partial charge is 0.255 e. The number of aromatic hydroxyl groups is 1. The molecule has 0 radical (unpaired) electrons. The number of halogens is 1. The largest absolute Gasteiger partial charge is 0.507 e. The second kappa shape index (κ2) is 7.82. The minimum Gasteiger partial charge on any atom is -0.507 e. The van der Waals surface area contributed by atoms with Crippen LogP contribution >= 0.6 is 11.6 Å². The Morgan fingerprint density at radius 1 is 1.39 bits per heavy atom. The number of carbonyl (C=O) groups is 1. The highest BCUT2D eigenvalue weighted by Gasteiger charge is 2.11. The Labute approximate surface area is 112 Å². The van der Waals surface area contributed by atoms with Gasteiger partial charge in [-0.25, -0.2) is 0 Å². The first-order chi connectivity index (χ1) is 8.69. The first-order valence-electron chi connectivity index (χ1n) is 5.90. The van der Waals surface area contributed by atoms with Crippen molar-refractivity contribution in [3.8, 4) is 11.5 Å². The van der Waals surface area contributed by atoms with Crippen molar-refractivity contribution in [2.24, 2.45) is 0 Å². The van der Waals surface area contributed by atoms with E-state index >= 15 is 0 Å². The van der Waals surface area contributed by atoms with Crippen LogP contribution in [0.5, 0.6) is 11.5 Å². The molecule has 0 saturated carbocycles. The maximum Gasteiger partial charge on any atom is 0.255 e. The fourth-order valence-electron chi connectivity index (χ4n) is 1.52. The summed E-state index contributed by atoms with van der Waals surface area (Å²) in [5.74, 6) is 0.844. The number of amides is 1. The lowest BCUT2D eigenvalue weighted by Crippen LogP contribution is -2.24. The third-order valence-corrected chi connectivity index (χ3v) is 2.81. The Balaban J connectivity index is 2.50. The number of carbonyl (C=O) groups excluding carboxylic acids is 1. The van der Waals surface area contributed by atoms with Crippen molar-refractivity contribution in [3.05, 3.63) is 23.8 Å². The SMILES string of the molecule is COc1ccc(O)c(C(=O)NCCCCCCl)c1. The molecule has 2 N–H and O–H groups in total. The van der Waals surface area contributed by atoms with Gasteiger partial charge in [0.15, 0.2) is 0 Å². The average molecular weight is 272 g/mol. The van der Waals surface area contributed by atoms with E-state index in [4.69, 9.17) is 16.3 Å². The summed E-state index contributed by atoms with van der Waals surface area (Å²) in [7, 11) is 1.51. The van der Waals surface area contributed by atoms with Crippen LogP contribution < -0.4 is 10.1 Å². The molecule has 0 aliphatic carbocycles. The van der Waals surface area contributed by atoms with E-state index in [1.165, 1.54) is 19.2 Å². The predicted molar refractivity (Wildman–Crippen MR) is 71.6 cm³/mol. The molecule has 0 bridgehead atoms. The van der Waals surface area contributed by atoms with Crippen molar-refractivity contribution < 1.29 is 14.6 Å². The number of hydrogen-bond acceptors (Lipinski definition) is 3. The Bertz CT molecular complexity index is 396. The fraction of sp³-hybridized carbons (Fsp3) is 0.462.